The second-order valence-electron chi connectivity index (χ2n) is 4.63. The van der Waals surface area contributed by atoms with Crippen molar-refractivity contribution in [1.82, 2.24) is 15.2 Å². The third-order valence-corrected chi connectivity index (χ3v) is 3.51. The average Bonchev–Trinajstić information content (AvgIpc) is 2.56. The van der Waals surface area contributed by atoms with Gasteiger partial charge in [0.25, 0.3) is 0 Å². The van der Waals surface area contributed by atoms with Crippen LogP contribution in [0.4, 0.5) is 0 Å². The SMILES string of the molecule is S=c1nc(-c2ccccc2)c(/C=C/c2ccc(Cl)cc2)n[nH]1. The zero-order chi connectivity index (χ0) is 15.4. The molecule has 0 aliphatic heterocycles. The van der Waals surface area contributed by atoms with E-state index in [1.165, 1.54) is 0 Å². The van der Waals surface area contributed by atoms with E-state index < -0.39 is 0 Å². The molecule has 0 saturated carbocycles. The number of aromatic amines is 1. The van der Waals surface area contributed by atoms with Gasteiger partial charge in [-0.15, -0.1) is 0 Å². The fraction of sp³-hybridized carbons (Fsp3) is 0. The predicted molar refractivity (Wildman–Crippen MR) is 93.0 cm³/mol. The molecule has 3 nitrogen and oxygen atoms in total. The Hall–Kier alpha value is -2.30. The van der Waals surface area contributed by atoms with Gasteiger partial charge in [-0.05, 0) is 36.0 Å². The molecule has 0 radical (unpaired) electrons. The van der Waals surface area contributed by atoms with E-state index in [1.807, 2.05) is 66.7 Å². The summed E-state index contributed by atoms with van der Waals surface area (Å²) in [6, 6.07) is 17.4. The van der Waals surface area contributed by atoms with Crippen LogP contribution in [-0.4, -0.2) is 15.2 Å². The lowest BCUT2D eigenvalue weighted by Gasteiger charge is -2.03. The first-order valence-electron chi connectivity index (χ1n) is 6.68. The largest absolute Gasteiger partial charge is 0.251 e. The lowest BCUT2D eigenvalue weighted by atomic mass is 10.1. The molecule has 108 valence electrons. The minimum atomic E-state index is 0.363. The van der Waals surface area contributed by atoms with Crippen LogP contribution in [0.5, 0.6) is 0 Å². The second kappa shape index (κ2) is 6.64. The first-order valence-corrected chi connectivity index (χ1v) is 7.47. The molecule has 0 aliphatic rings. The summed E-state index contributed by atoms with van der Waals surface area (Å²) in [4.78, 5) is 4.39. The van der Waals surface area contributed by atoms with Crippen molar-refractivity contribution < 1.29 is 0 Å². The minimum absolute atomic E-state index is 0.363. The number of aromatic nitrogens is 3. The van der Waals surface area contributed by atoms with Crippen LogP contribution >= 0.6 is 23.8 Å². The van der Waals surface area contributed by atoms with Crippen molar-refractivity contribution in [2.75, 3.05) is 0 Å². The monoisotopic (exact) mass is 325 g/mol. The van der Waals surface area contributed by atoms with Gasteiger partial charge in [0, 0.05) is 10.6 Å². The third-order valence-electron chi connectivity index (χ3n) is 3.08. The Bertz CT molecular complexity index is 855. The van der Waals surface area contributed by atoms with Gasteiger partial charge >= 0.3 is 0 Å². The van der Waals surface area contributed by atoms with Gasteiger partial charge in [-0.25, -0.2) is 4.98 Å². The van der Waals surface area contributed by atoms with Gasteiger partial charge in [0.1, 0.15) is 11.4 Å². The summed E-state index contributed by atoms with van der Waals surface area (Å²) in [5, 5.41) is 7.73. The topological polar surface area (TPSA) is 41.6 Å². The average molecular weight is 326 g/mol. The van der Waals surface area contributed by atoms with Crippen molar-refractivity contribution in [1.29, 1.82) is 0 Å². The normalized spacial score (nSPS) is 11.0. The summed E-state index contributed by atoms with van der Waals surface area (Å²) < 4.78 is 0.363. The highest BCUT2D eigenvalue weighted by atomic mass is 35.5. The number of halogens is 1. The summed E-state index contributed by atoms with van der Waals surface area (Å²) in [6.07, 6.45) is 3.87. The van der Waals surface area contributed by atoms with E-state index in [0.717, 1.165) is 22.5 Å². The molecule has 0 saturated heterocycles. The molecule has 3 aromatic rings. The second-order valence-corrected chi connectivity index (χ2v) is 5.45. The molecule has 3 rings (SSSR count). The Morgan fingerprint density at radius 2 is 1.68 bits per heavy atom. The van der Waals surface area contributed by atoms with Gasteiger partial charge in [0.05, 0.1) is 0 Å². The Labute approximate surface area is 138 Å². The number of benzene rings is 2. The van der Waals surface area contributed by atoms with Gasteiger partial charge in [0.2, 0.25) is 4.77 Å². The van der Waals surface area contributed by atoms with Crippen LogP contribution in [0, 0.1) is 4.77 Å². The van der Waals surface area contributed by atoms with Crippen molar-refractivity contribution >= 4 is 36.0 Å². The number of nitrogens with one attached hydrogen (secondary N) is 1. The van der Waals surface area contributed by atoms with Gasteiger partial charge in [-0.3, -0.25) is 5.10 Å². The smallest absolute Gasteiger partial charge is 0.214 e. The number of hydrogen-bond donors (Lipinski definition) is 1. The number of hydrogen-bond acceptors (Lipinski definition) is 3. The summed E-state index contributed by atoms with van der Waals surface area (Å²) in [5.41, 5.74) is 3.50. The van der Waals surface area contributed by atoms with Crippen molar-refractivity contribution in [2.24, 2.45) is 0 Å². The maximum absolute atomic E-state index is 5.89. The highest BCUT2D eigenvalue weighted by Gasteiger charge is 2.06. The van der Waals surface area contributed by atoms with Crippen LogP contribution < -0.4 is 0 Å². The first-order chi connectivity index (χ1) is 10.7. The van der Waals surface area contributed by atoms with Gasteiger partial charge in [-0.1, -0.05) is 60.1 Å². The van der Waals surface area contributed by atoms with Crippen LogP contribution in [0.25, 0.3) is 23.4 Å². The van der Waals surface area contributed by atoms with E-state index in [2.05, 4.69) is 15.2 Å². The van der Waals surface area contributed by atoms with Gasteiger partial charge in [0.15, 0.2) is 0 Å². The van der Waals surface area contributed by atoms with Crippen molar-refractivity contribution in [2.45, 2.75) is 0 Å². The quantitative estimate of drug-likeness (QED) is 0.687. The molecule has 0 amide bonds. The highest BCUT2D eigenvalue weighted by Crippen LogP contribution is 2.21. The van der Waals surface area contributed by atoms with Crippen LogP contribution in [0.3, 0.4) is 0 Å². The molecule has 5 heteroatoms. The van der Waals surface area contributed by atoms with Gasteiger partial charge in [-0.2, -0.15) is 5.10 Å². The fourth-order valence-corrected chi connectivity index (χ4v) is 2.28. The molecule has 1 N–H and O–H groups in total. The molecule has 0 fully saturated rings. The van der Waals surface area contributed by atoms with Crippen LogP contribution in [0.1, 0.15) is 11.3 Å². The fourth-order valence-electron chi connectivity index (χ4n) is 2.02. The molecule has 0 spiro atoms. The standard InChI is InChI=1S/C17H12ClN3S/c18-14-9-6-12(7-10-14)8-11-15-16(19-17(22)21-20-15)13-4-2-1-3-5-13/h1-11H,(H,19,21,22)/b11-8+. The molecule has 0 bridgehead atoms. The van der Waals surface area contributed by atoms with E-state index in [1.54, 1.807) is 0 Å². The number of H-pyrrole nitrogens is 1. The molecular weight excluding hydrogens is 314 g/mol. The lowest BCUT2D eigenvalue weighted by Crippen LogP contribution is -1.96. The highest BCUT2D eigenvalue weighted by molar-refractivity contribution is 7.71. The lowest BCUT2D eigenvalue weighted by molar-refractivity contribution is 0.943. The summed E-state index contributed by atoms with van der Waals surface area (Å²) in [7, 11) is 0. The number of rotatable bonds is 3. The molecule has 2 aromatic carbocycles. The zero-order valence-electron chi connectivity index (χ0n) is 11.5. The van der Waals surface area contributed by atoms with E-state index >= 15 is 0 Å². The molecular formula is C17H12ClN3S. The van der Waals surface area contributed by atoms with E-state index in [0.29, 0.717) is 9.79 Å². The minimum Gasteiger partial charge on any atom is -0.251 e. The zero-order valence-corrected chi connectivity index (χ0v) is 13.1. The Kier molecular flexibility index (Phi) is 4.42. The maximum Gasteiger partial charge on any atom is 0.214 e. The van der Waals surface area contributed by atoms with Crippen molar-refractivity contribution in [3.63, 3.8) is 0 Å². The molecule has 22 heavy (non-hydrogen) atoms. The Morgan fingerprint density at radius 3 is 2.41 bits per heavy atom. The van der Waals surface area contributed by atoms with Crippen LogP contribution in [0.2, 0.25) is 5.02 Å². The molecule has 1 aromatic heterocycles. The Balaban J connectivity index is 2.00. The molecule has 0 atom stereocenters. The summed E-state index contributed by atoms with van der Waals surface area (Å²) in [5.74, 6) is 0. The first kappa shape index (κ1) is 14.6. The van der Waals surface area contributed by atoms with Crippen molar-refractivity contribution in [3.8, 4) is 11.3 Å². The predicted octanol–water partition coefficient (Wildman–Crippen LogP) is 5.02. The van der Waals surface area contributed by atoms with E-state index in [9.17, 15) is 0 Å². The summed E-state index contributed by atoms with van der Waals surface area (Å²) in [6.45, 7) is 0. The number of nitrogens with zero attached hydrogens (tertiary/aromatic N) is 2. The summed E-state index contributed by atoms with van der Waals surface area (Å²) >= 11 is 11.0. The maximum atomic E-state index is 5.89. The molecule has 0 aliphatic carbocycles. The molecule has 0 unspecified atom stereocenters. The van der Waals surface area contributed by atoms with Crippen LogP contribution in [0.15, 0.2) is 54.6 Å². The molecule has 1 heterocycles. The van der Waals surface area contributed by atoms with E-state index in [4.69, 9.17) is 23.8 Å². The van der Waals surface area contributed by atoms with Crippen LogP contribution in [-0.2, 0) is 0 Å². The van der Waals surface area contributed by atoms with Crippen molar-refractivity contribution in [3.05, 3.63) is 75.6 Å². The van der Waals surface area contributed by atoms with Gasteiger partial charge < -0.3 is 0 Å². The van der Waals surface area contributed by atoms with E-state index in [-0.39, 0.29) is 0 Å². The Morgan fingerprint density at radius 1 is 0.955 bits per heavy atom. The third kappa shape index (κ3) is 3.47.